The molecule has 0 aliphatic carbocycles. The zero-order valence-corrected chi connectivity index (χ0v) is 17.0. The second-order valence-corrected chi connectivity index (χ2v) is 7.43. The van der Waals surface area contributed by atoms with Gasteiger partial charge in [0.15, 0.2) is 0 Å². The maximum absolute atomic E-state index is 12.9. The quantitative estimate of drug-likeness (QED) is 0.609. The monoisotopic (exact) mass is 421 g/mol. The zero-order chi connectivity index (χ0) is 20.8. The highest BCUT2D eigenvalue weighted by Gasteiger charge is 2.15. The molecule has 0 aromatic heterocycles. The lowest BCUT2D eigenvalue weighted by Crippen LogP contribution is -2.19. The van der Waals surface area contributed by atoms with E-state index in [4.69, 9.17) is 11.6 Å². The van der Waals surface area contributed by atoms with E-state index in [1.807, 2.05) is 24.3 Å². The Morgan fingerprint density at radius 2 is 1.62 bits per heavy atom. The van der Waals surface area contributed by atoms with Crippen LogP contribution in [0.25, 0.3) is 0 Å². The third-order valence-electron chi connectivity index (χ3n) is 4.06. The molecule has 0 radical (unpaired) electrons. The molecule has 0 atom stereocenters. The first-order valence-corrected chi connectivity index (χ1v) is 9.82. The van der Waals surface area contributed by atoms with Crippen LogP contribution in [0.3, 0.4) is 0 Å². The number of halogens is 1. The van der Waals surface area contributed by atoms with E-state index in [1.165, 1.54) is 24.9 Å². The third-order valence-corrected chi connectivity index (χ3v) is 5.54. The van der Waals surface area contributed by atoms with Gasteiger partial charge in [-0.25, -0.2) is 0 Å². The van der Waals surface area contributed by atoms with Gasteiger partial charge < -0.3 is 10.6 Å². The highest BCUT2D eigenvalue weighted by Crippen LogP contribution is 2.33. The lowest BCUT2D eigenvalue weighted by molar-refractivity contribution is 0.0961. The number of amides is 2. The standard InChI is InChI=1S/C22H16ClN3O2S/c1-25-21(27)17-12-15(10-11-18(17)23)26-22(28)16-7-3-5-9-20(16)29-19-8-4-2-6-14(19)13-24/h2-12H,1H3,(H,25,27)(H,26,28). The van der Waals surface area contributed by atoms with E-state index in [0.717, 1.165) is 4.90 Å². The Kier molecular flexibility index (Phi) is 6.55. The summed E-state index contributed by atoms with van der Waals surface area (Å²) < 4.78 is 0. The summed E-state index contributed by atoms with van der Waals surface area (Å²) in [5.41, 5.74) is 1.73. The van der Waals surface area contributed by atoms with E-state index in [-0.39, 0.29) is 17.4 Å². The van der Waals surface area contributed by atoms with Crippen LogP contribution in [0, 0.1) is 11.3 Å². The highest BCUT2D eigenvalue weighted by atomic mass is 35.5. The van der Waals surface area contributed by atoms with Crippen LogP contribution in [0.2, 0.25) is 5.02 Å². The van der Waals surface area contributed by atoms with Crippen LogP contribution in [-0.4, -0.2) is 18.9 Å². The van der Waals surface area contributed by atoms with Gasteiger partial charge in [-0.3, -0.25) is 9.59 Å². The molecule has 0 fully saturated rings. The molecule has 0 saturated carbocycles. The van der Waals surface area contributed by atoms with Gasteiger partial charge in [0, 0.05) is 22.5 Å². The molecule has 5 nitrogen and oxygen atoms in total. The Hall–Kier alpha value is -3.27. The minimum atomic E-state index is -0.338. The smallest absolute Gasteiger partial charge is 0.256 e. The summed E-state index contributed by atoms with van der Waals surface area (Å²) in [5, 5.41) is 14.9. The third kappa shape index (κ3) is 4.77. The summed E-state index contributed by atoms with van der Waals surface area (Å²) in [7, 11) is 1.51. The van der Waals surface area contributed by atoms with Gasteiger partial charge in [0.25, 0.3) is 11.8 Å². The molecule has 3 aromatic rings. The summed E-state index contributed by atoms with van der Waals surface area (Å²) in [6, 6.07) is 21.2. The fourth-order valence-electron chi connectivity index (χ4n) is 2.62. The predicted octanol–water partition coefficient (Wildman–Crippen LogP) is 4.97. The van der Waals surface area contributed by atoms with Gasteiger partial charge >= 0.3 is 0 Å². The topological polar surface area (TPSA) is 82.0 Å². The van der Waals surface area contributed by atoms with E-state index in [1.54, 1.807) is 36.4 Å². The fraction of sp³-hybridized carbons (Fsp3) is 0.0455. The van der Waals surface area contributed by atoms with Crippen molar-refractivity contribution >= 4 is 40.9 Å². The van der Waals surface area contributed by atoms with Crippen LogP contribution < -0.4 is 10.6 Å². The van der Waals surface area contributed by atoms with Crippen molar-refractivity contribution in [2.75, 3.05) is 12.4 Å². The maximum atomic E-state index is 12.9. The van der Waals surface area contributed by atoms with Crippen molar-refractivity contribution in [2.45, 2.75) is 9.79 Å². The van der Waals surface area contributed by atoms with Crippen LogP contribution in [-0.2, 0) is 0 Å². The lowest BCUT2D eigenvalue weighted by Gasteiger charge is -2.12. The normalized spacial score (nSPS) is 10.1. The van der Waals surface area contributed by atoms with Crippen molar-refractivity contribution < 1.29 is 9.59 Å². The number of hydrogen-bond donors (Lipinski definition) is 2. The predicted molar refractivity (Wildman–Crippen MR) is 115 cm³/mol. The van der Waals surface area contributed by atoms with Crippen LogP contribution >= 0.6 is 23.4 Å². The van der Waals surface area contributed by atoms with Gasteiger partial charge in [-0.05, 0) is 42.5 Å². The second kappa shape index (κ2) is 9.28. The van der Waals surface area contributed by atoms with E-state index in [0.29, 0.717) is 26.7 Å². The highest BCUT2D eigenvalue weighted by molar-refractivity contribution is 7.99. The summed E-state index contributed by atoms with van der Waals surface area (Å²) in [6.07, 6.45) is 0. The Morgan fingerprint density at radius 3 is 2.34 bits per heavy atom. The minimum Gasteiger partial charge on any atom is -0.355 e. The van der Waals surface area contributed by atoms with Gasteiger partial charge in [0.05, 0.1) is 21.7 Å². The van der Waals surface area contributed by atoms with Gasteiger partial charge in [0.2, 0.25) is 0 Å². The first-order chi connectivity index (χ1) is 14.0. The van der Waals surface area contributed by atoms with Gasteiger partial charge in [-0.15, -0.1) is 0 Å². The van der Waals surface area contributed by atoms with Crippen LogP contribution in [0.15, 0.2) is 76.5 Å². The molecule has 0 aliphatic heterocycles. The number of rotatable bonds is 5. The Morgan fingerprint density at radius 1 is 0.931 bits per heavy atom. The molecule has 2 N–H and O–H groups in total. The molecule has 2 amide bonds. The van der Waals surface area contributed by atoms with Crippen molar-refractivity contribution in [3.05, 3.63) is 88.4 Å². The average molecular weight is 422 g/mol. The van der Waals surface area contributed by atoms with E-state index in [2.05, 4.69) is 16.7 Å². The van der Waals surface area contributed by atoms with Crippen LogP contribution in [0.5, 0.6) is 0 Å². The van der Waals surface area contributed by atoms with E-state index < -0.39 is 0 Å². The molecule has 0 spiro atoms. The molecule has 7 heteroatoms. The van der Waals surface area contributed by atoms with Crippen LogP contribution in [0.4, 0.5) is 5.69 Å². The van der Waals surface area contributed by atoms with Crippen molar-refractivity contribution in [1.82, 2.24) is 5.32 Å². The van der Waals surface area contributed by atoms with Crippen molar-refractivity contribution in [2.24, 2.45) is 0 Å². The molecule has 0 unspecified atom stereocenters. The number of nitrogens with zero attached hydrogens (tertiary/aromatic N) is 1. The molecule has 3 rings (SSSR count). The molecule has 0 aliphatic rings. The van der Waals surface area contributed by atoms with Gasteiger partial charge in [-0.2, -0.15) is 5.26 Å². The molecule has 0 heterocycles. The molecular weight excluding hydrogens is 406 g/mol. The van der Waals surface area contributed by atoms with Crippen molar-refractivity contribution in [3.63, 3.8) is 0 Å². The number of benzene rings is 3. The number of nitriles is 1. The molecule has 144 valence electrons. The zero-order valence-electron chi connectivity index (χ0n) is 15.4. The molecule has 0 bridgehead atoms. The van der Waals surface area contributed by atoms with Gasteiger partial charge in [0.1, 0.15) is 6.07 Å². The van der Waals surface area contributed by atoms with Crippen molar-refractivity contribution in [1.29, 1.82) is 5.26 Å². The summed E-state index contributed by atoms with van der Waals surface area (Å²) in [6.45, 7) is 0. The molecule has 0 saturated heterocycles. The number of carbonyl (C=O) groups is 2. The van der Waals surface area contributed by atoms with Crippen molar-refractivity contribution in [3.8, 4) is 6.07 Å². The summed E-state index contributed by atoms with van der Waals surface area (Å²) in [4.78, 5) is 26.3. The number of carbonyl (C=O) groups excluding carboxylic acids is 2. The Balaban J connectivity index is 1.88. The first kappa shape index (κ1) is 20.5. The Labute approximate surface area is 177 Å². The fourth-order valence-corrected chi connectivity index (χ4v) is 3.85. The minimum absolute atomic E-state index is 0.276. The van der Waals surface area contributed by atoms with E-state index >= 15 is 0 Å². The number of anilines is 1. The van der Waals surface area contributed by atoms with Gasteiger partial charge in [-0.1, -0.05) is 47.6 Å². The summed E-state index contributed by atoms with van der Waals surface area (Å²) in [5.74, 6) is -0.664. The second-order valence-electron chi connectivity index (χ2n) is 5.93. The largest absolute Gasteiger partial charge is 0.355 e. The number of hydrogen-bond acceptors (Lipinski definition) is 4. The maximum Gasteiger partial charge on any atom is 0.256 e. The summed E-state index contributed by atoms with van der Waals surface area (Å²) >= 11 is 7.41. The Bertz CT molecular complexity index is 1130. The van der Waals surface area contributed by atoms with Crippen LogP contribution in [0.1, 0.15) is 26.3 Å². The molecular formula is C22H16ClN3O2S. The average Bonchev–Trinajstić information content (AvgIpc) is 2.75. The SMILES string of the molecule is CNC(=O)c1cc(NC(=O)c2ccccc2Sc2ccccc2C#N)ccc1Cl. The number of nitrogens with one attached hydrogen (secondary N) is 2. The molecule has 29 heavy (non-hydrogen) atoms. The first-order valence-electron chi connectivity index (χ1n) is 8.62. The van der Waals surface area contributed by atoms with E-state index in [9.17, 15) is 14.9 Å². The molecule has 3 aromatic carbocycles. The lowest BCUT2D eigenvalue weighted by atomic mass is 10.1.